The zero-order valence-electron chi connectivity index (χ0n) is 15.2. The Kier molecular flexibility index (Phi) is 5.34. The Hall–Kier alpha value is -3.19. The molecule has 1 atom stereocenters. The molecular formula is C21H20FN5O. The average molecular weight is 377 g/mol. The summed E-state index contributed by atoms with van der Waals surface area (Å²) in [4.78, 5) is 12.5. The molecule has 1 unspecified atom stereocenters. The van der Waals surface area contributed by atoms with Crippen molar-refractivity contribution >= 4 is 11.4 Å². The van der Waals surface area contributed by atoms with Crippen LogP contribution in [0.15, 0.2) is 55.0 Å². The minimum atomic E-state index is -0.617. The number of hydrogen-bond donors (Lipinski definition) is 2. The van der Waals surface area contributed by atoms with E-state index in [-0.39, 0.29) is 17.6 Å². The molecule has 3 aromatic heterocycles. The number of ether oxygens (including phenoxy) is 1. The van der Waals surface area contributed by atoms with Gasteiger partial charge in [-0.05, 0) is 49.6 Å². The third kappa shape index (κ3) is 4.04. The molecule has 0 aliphatic carbocycles. The maximum absolute atomic E-state index is 13.6. The number of hydrogen-bond acceptors (Lipinski definition) is 6. The van der Waals surface area contributed by atoms with E-state index in [9.17, 15) is 4.39 Å². The minimum absolute atomic E-state index is 0.116. The van der Waals surface area contributed by atoms with Gasteiger partial charge in [-0.1, -0.05) is 6.07 Å². The quantitative estimate of drug-likeness (QED) is 0.518. The van der Waals surface area contributed by atoms with Crippen LogP contribution in [0.2, 0.25) is 0 Å². The lowest BCUT2D eigenvalue weighted by Crippen LogP contribution is -2.28. The van der Waals surface area contributed by atoms with Crippen molar-refractivity contribution < 1.29 is 9.13 Å². The van der Waals surface area contributed by atoms with Gasteiger partial charge in [0.25, 0.3) is 0 Å². The molecule has 2 N–H and O–H groups in total. The zero-order chi connectivity index (χ0) is 19.3. The largest absolute Gasteiger partial charge is 0.359 e. The summed E-state index contributed by atoms with van der Waals surface area (Å²) in [7, 11) is 0. The van der Waals surface area contributed by atoms with Gasteiger partial charge >= 0.3 is 0 Å². The molecule has 1 fully saturated rings. The van der Waals surface area contributed by atoms with Gasteiger partial charge in [-0.3, -0.25) is 15.4 Å². The Labute approximate surface area is 162 Å². The Morgan fingerprint density at radius 3 is 2.86 bits per heavy atom. The number of nitrogens with one attached hydrogen (secondary N) is 2. The number of halogens is 1. The number of rotatable bonds is 5. The van der Waals surface area contributed by atoms with Crippen molar-refractivity contribution in [3.8, 4) is 11.3 Å². The molecule has 142 valence electrons. The van der Waals surface area contributed by atoms with E-state index < -0.39 is 5.95 Å². The zero-order valence-corrected chi connectivity index (χ0v) is 15.2. The highest BCUT2D eigenvalue weighted by Gasteiger charge is 2.19. The summed E-state index contributed by atoms with van der Waals surface area (Å²) in [5.74, 6) is -0.617. The van der Waals surface area contributed by atoms with Crippen molar-refractivity contribution in [2.75, 3.05) is 11.9 Å². The van der Waals surface area contributed by atoms with E-state index >= 15 is 0 Å². The summed E-state index contributed by atoms with van der Waals surface area (Å²) in [6.07, 6.45) is 7.97. The molecule has 1 saturated heterocycles. The van der Waals surface area contributed by atoms with Crippen molar-refractivity contribution in [2.45, 2.75) is 25.5 Å². The van der Waals surface area contributed by atoms with E-state index in [0.29, 0.717) is 23.6 Å². The van der Waals surface area contributed by atoms with Gasteiger partial charge in [0.1, 0.15) is 6.23 Å². The fourth-order valence-corrected chi connectivity index (χ4v) is 3.16. The normalized spacial score (nSPS) is 16.5. The highest BCUT2D eigenvalue weighted by molar-refractivity contribution is 6.13. The fraction of sp³-hybridized carbons (Fsp3) is 0.238. The van der Waals surface area contributed by atoms with Crippen LogP contribution < -0.4 is 5.32 Å². The van der Waals surface area contributed by atoms with Crippen molar-refractivity contribution in [3.05, 3.63) is 72.2 Å². The smallest absolute Gasteiger partial charge is 0.213 e. The number of anilines is 1. The van der Waals surface area contributed by atoms with Crippen molar-refractivity contribution in [3.63, 3.8) is 0 Å². The molecule has 0 radical (unpaired) electrons. The Bertz CT molecular complexity index is 974. The van der Waals surface area contributed by atoms with Crippen molar-refractivity contribution in [2.24, 2.45) is 0 Å². The second-order valence-electron chi connectivity index (χ2n) is 6.58. The van der Waals surface area contributed by atoms with Crippen molar-refractivity contribution in [1.29, 1.82) is 5.41 Å². The maximum atomic E-state index is 13.6. The average Bonchev–Trinajstić information content (AvgIpc) is 2.75. The van der Waals surface area contributed by atoms with Gasteiger partial charge in [0.05, 0.1) is 29.0 Å². The third-order valence-corrected chi connectivity index (χ3v) is 4.60. The molecule has 1 aliphatic heterocycles. The third-order valence-electron chi connectivity index (χ3n) is 4.60. The van der Waals surface area contributed by atoms with Crippen molar-refractivity contribution in [1.82, 2.24) is 15.0 Å². The predicted octanol–water partition coefficient (Wildman–Crippen LogP) is 4.03. The van der Waals surface area contributed by atoms with E-state index in [1.807, 2.05) is 12.1 Å². The second-order valence-corrected chi connectivity index (χ2v) is 6.58. The molecule has 28 heavy (non-hydrogen) atoms. The Morgan fingerprint density at radius 1 is 1.18 bits per heavy atom. The molecule has 4 heterocycles. The second kappa shape index (κ2) is 8.22. The highest BCUT2D eigenvalue weighted by atomic mass is 19.1. The van der Waals surface area contributed by atoms with E-state index in [1.165, 1.54) is 6.07 Å². The molecule has 6 nitrogen and oxygen atoms in total. The van der Waals surface area contributed by atoms with Crippen LogP contribution in [0.5, 0.6) is 0 Å². The molecule has 0 aromatic carbocycles. The van der Waals surface area contributed by atoms with Crippen LogP contribution in [0, 0.1) is 11.4 Å². The summed E-state index contributed by atoms with van der Waals surface area (Å²) in [5, 5.41) is 12.0. The first-order valence-corrected chi connectivity index (χ1v) is 9.21. The van der Waals surface area contributed by atoms with E-state index in [2.05, 4.69) is 20.3 Å². The molecule has 0 bridgehead atoms. The van der Waals surface area contributed by atoms with E-state index in [4.69, 9.17) is 10.1 Å². The predicted molar refractivity (Wildman–Crippen MR) is 105 cm³/mol. The van der Waals surface area contributed by atoms with Gasteiger partial charge in [0, 0.05) is 30.1 Å². The fourth-order valence-electron chi connectivity index (χ4n) is 3.16. The van der Waals surface area contributed by atoms with Gasteiger partial charge in [-0.15, -0.1) is 0 Å². The van der Waals surface area contributed by atoms with E-state index in [1.54, 1.807) is 36.8 Å². The lowest BCUT2D eigenvalue weighted by molar-refractivity contribution is 0.0343. The first kappa shape index (κ1) is 18.2. The lowest BCUT2D eigenvalue weighted by atomic mass is 10.0. The molecule has 0 spiro atoms. The van der Waals surface area contributed by atoms with E-state index in [0.717, 1.165) is 24.8 Å². The molecule has 3 aromatic rings. The molecule has 1 aliphatic rings. The number of aromatic nitrogens is 3. The van der Waals surface area contributed by atoms with Gasteiger partial charge < -0.3 is 10.1 Å². The van der Waals surface area contributed by atoms with Crippen LogP contribution in [-0.4, -0.2) is 33.5 Å². The standard InChI is InChI=1S/C21H20FN5O/c22-19-7-3-6-16(26-19)21(23)15-11-17(14-5-4-9-24-12-14)25-13-18(15)27-20-8-1-2-10-28-20/h3-7,9,11-13,20,23,27H,1-2,8,10H2. The van der Waals surface area contributed by atoms with Gasteiger partial charge in [-0.25, -0.2) is 4.98 Å². The van der Waals surface area contributed by atoms with Crippen LogP contribution in [0.4, 0.5) is 10.1 Å². The number of pyridine rings is 3. The monoisotopic (exact) mass is 377 g/mol. The summed E-state index contributed by atoms with van der Waals surface area (Å²) in [5.41, 5.74) is 3.14. The van der Waals surface area contributed by atoms with Crippen LogP contribution in [0.3, 0.4) is 0 Å². The summed E-state index contributed by atoms with van der Waals surface area (Å²) in [6, 6.07) is 9.97. The summed E-state index contributed by atoms with van der Waals surface area (Å²) in [6.45, 7) is 0.705. The van der Waals surface area contributed by atoms with Crippen LogP contribution in [-0.2, 0) is 4.74 Å². The van der Waals surface area contributed by atoms with Crippen LogP contribution in [0.1, 0.15) is 30.5 Å². The van der Waals surface area contributed by atoms with Gasteiger partial charge in [0.15, 0.2) is 0 Å². The SMILES string of the molecule is N=C(c1cccc(F)n1)c1cc(-c2cccnc2)ncc1NC1CCCCO1. The van der Waals surface area contributed by atoms with Crippen LogP contribution in [0.25, 0.3) is 11.3 Å². The molecular weight excluding hydrogens is 357 g/mol. The number of nitrogens with zero attached hydrogens (tertiary/aromatic N) is 3. The molecule has 4 rings (SSSR count). The van der Waals surface area contributed by atoms with Gasteiger partial charge in [0.2, 0.25) is 5.95 Å². The van der Waals surface area contributed by atoms with Gasteiger partial charge in [-0.2, -0.15) is 4.39 Å². The minimum Gasteiger partial charge on any atom is -0.359 e. The molecule has 7 heteroatoms. The highest BCUT2D eigenvalue weighted by Crippen LogP contribution is 2.26. The van der Waals surface area contributed by atoms with Crippen LogP contribution >= 0.6 is 0 Å². The topological polar surface area (TPSA) is 83.8 Å². The summed E-state index contributed by atoms with van der Waals surface area (Å²) < 4.78 is 19.4. The molecule has 0 saturated carbocycles. The maximum Gasteiger partial charge on any atom is 0.213 e. The molecule has 0 amide bonds. The first-order chi connectivity index (χ1) is 13.7. The summed E-state index contributed by atoms with van der Waals surface area (Å²) >= 11 is 0. The Balaban J connectivity index is 1.73. The Morgan fingerprint density at radius 2 is 2.11 bits per heavy atom. The lowest BCUT2D eigenvalue weighted by Gasteiger charge is -2.25. The first-order valence-electron chi connectivity index (χ1n) is 9.21.